The maximum Gasteiger partial charge on any atom is 0.315 e. The van der Waals surface area contributed by atoms with E-state index in [-0.39, 0.29) is 5.97 Å². The van der Waals surface area contributed by atoms with Crippen molar-refractivity contribution in [3.05, 3.63) is 47.7 Å². The monoisotopic (exact) mass is 262 g/mol. The lowest BCUT2D eigenvalue weighted by Gasteiger charge is -2.29. The van der Waals surface area contributed by atoms with Crippen LogP contribution in [0.4, 0.5) is 0 Å². The third kappa shape index (κ3) is 3.58. The van der Waals surface area contributed by atoms with Crippen molar-refractivity contribution in [2.24, 2.45) is 5.92 Å². The molecule has 1 aromatic rings. The molecule has 0 N–H and O–H groups in total. The van der Waals surface area contributed by atoms with Crippen LogP contribution in [-0.2, 0) is 25.6 Å². The Bertz CT molecular complexity index is 452. The van der Waals surface area contributed by atoms with Crippen molar-refractivity contribution in [1.29, 1.82) is 0 Å². The van der Waals surface area contributed by atoms with E-state index in [0.717, 1.165) is 11.3 Å². The molecule has 0 aliphatic carbocycles. The van der Waals surface area contributed by atoms with E-state index >= 15 is 0 Å². The predicted octanol–water partition coefficient (Wildman–Crippen LogP) is 2.64. The van der Waals surface area contributed by atoms with Gasteiger partial charge in [-0.05, 0) is 25.0 Å². The summed E-state index contributed by atoms with van der Waals surface area (Å²) in [6.07, 6.45) is 1.87. The van der Waals surface area contributed by atoms with Gasteiger partial charge in [0.25, 0.3) is 0 Å². The molecule has 1 aliphatic heterocycles. The Morgan fingerprint density at radius 2 is 2.11 bits per heavy atom. The molecule has 2 atom stereocenters. The summed E-state index contributed by atoms with van der Waals surface area (Å²) in [6, 6.07) is 9.79. The summed E-state index contributed by atoms with van der Waals surface area (Å²) in [6.45, 7) is 2.26. The third-order valence-corrected chi connectivity index (χ3v) is 3.05. The predicted molar refractivity (Wildman–Crippen MR) is 70.0 cm³/mol. The van der Waals surface area contributed by atoms with Gasteiger partial charge in [0.2, 0.25) is 6.29 Å². The van der Waals surface area contributed by atoms with E-state index in [0.29, 0.717) is 13.0 Å². The van der Waals surface area contributed by atoms with E-state index in [1.807, 2.05) is 43.3 Å². The number of hydrogen-bond acceptors (Lipinski definition) is 4. The highest BCUT2D eigenvalue weighted by Crippen LogP contribution is 2.25. The Kier molecular flexibility index (Phi) is 4.58. The molecule has 0 amide bonds. The molecule has 0 aromatic heterocycles. The van der Waals surface area contributed by atoms with Crippen LogP contribution in [0.25, 0.3) is 0 Å². The van der Waals surface area contributed by atoms with Crippen LogP contribution in [-0.4, -0.2) is 19.4 Å². The maximum absolute atomic E-state index is 11.7. The van der Waals surface area contributed by atoms with Crippen molar-refractivity contribution in [1.82, 2.24) is 0 Å². The zero-order valence-electron chi connectivity index (χ0n) is 11.2. The van der Waals surface area contributed by atoms with Crippen molar-refractivity contribution >= 4 is 5.97 Å². The molecule has 1 aromatic carbocycles. The topological polar surface area (TPSA) is 44.8 Å². The van der Waals surface area contributed by atoms with Crippen molar-refractivity contribution < 1.29 is 19.0 Å². The molecule has 19 heavy (non-hydrogen) atoms. The van der Waals surface area contributed by atoms with Gasteiger partial charge in [-0.15, -0.1) is 0 Å². The average Bonchev–Trinajstić information content (AvgIpc) is 2.45. The maximum atomic E-state index is 11.7. The Morgan fingerprint density at radius 3 is 2.79 bits per heavy atom. The number of carbonyl (C=O) groups excluding carboxylic acids is 1. The van der Waals surface area contributed by atoms with Crippen LogP contribution in [0.5, 0.6) is 0 Å². The van der Waals surface area contributed by atoms with Crippen LogP contribution in [0.3, 0.4) is 0 Å². The van der Waals surface area contributed by atoms with E-state index in [1.165, 1.54) is 7.11 Å². The molecule has 0 saturated heterocycles. The minimum Gasteiger partial charge on any atom is -0.469 e. The van der Waals surface area contributed by atoms with Crippen molar-refractivity contribution in [2.75, 3.05) is 7.11 Å². The summed E-state index contributed by atoms with van der Waals surface area (Å²) in [4.78, 5) is 11.7. The molecule has 0 spiro atoms. The fourth-order valence-corrected chi connectivity index (χ4v) is 1.98. The van der Waals surface area contributed by atoms with Gasteiger partial charge < -0.3 is 14.2 Å². The van der Waals surface area contributed by atoms with E-state index in [9.17, 15) is 4.79 Å². The van der Waals surface area contributed by atoms with Crippen molar-refractivity contribution in [3.63, 3.8) is 0 Å². The smallest absolute Gasteiger partial charge is 0.315 e. The molecule has 2 unspecified atom stereocenters. The van der Waals surface area contributed by atoms with Crippen molar-refractivity contribution in [2.45, 2.75) is 26.2 Å². The lowest BCUT2D eigenvalue weighted by molar-refractivity contribution is -0.185. The number of hydrogen-bond donors (Lipinski definition) is 0. The van der Waals surface area contributed by atoms with Crippen molar-refractivity contribution in [3.8, 4) is 0 Å². The second-order valence-electron chi connectivity index (χ2n) is 4.46. The minimum absolute atomic E-state index is 0.304. The second kappa shape index (κ2) is 6.38. The normalized spacial score (nSPS) is 22.3. The number of allylic oxidation sites excluding steroid dienone is 2. The van der Waals surface area contributed by atoms with Gasteiger partial charge in [-0.1, -0.05) is 30.3 Å². The quantitative estimate of drug-likeness (QED) is 0.782. The van der Waals surface area contributed by atoms with Crippen LogP contribution in [0, 0.1) is 5.92 Å². The molecular weight excluding hydrogens is 244 g/mol. The first kappa shape index (κ1) is 13.6. The zero-order valence-corrected chi connectivity index (χ0v) is 11.2. The highest BCUT2D eigenvalue weighted by molar-refractivity contribution is 5.73. The van der Waals surface area contributed by atoms with Gasteiger partial charge in [-0.25, -0.2) is 0 Å². The van der Waals surface area contributed by atoms with Gasteiger partial charge in [0.1, 0.15) is 5.92 Å². The van der Waals surface area contributed by atoms with Gasteiger partial charge >= 0.3 is 5.97 Å². The van der Waals surface area contributed by atoms with Gasteiger partial charge in [-0.3, -0.25) is 4.79 Å². The van der Waals surface area contributed by atoms with Gasteiger partial charge in [0.15, 0.2) is 0 Å². The Morgan fingerprint density at radius 1 is 1.37 bits per heavy atom. The standard InChI is InChI=1S/C15H18O4/c1-11-8-9-13(14(16)17-2)15(19-11)18-10-12-6-4-3-5-7-12/h3-8,13,15H,9-10H2,1-2H3. The first-order valence-corrected chi connectivity index (χ1v) is 6.27. The molecule has 0 fully saturated rings. The minimum atomic E-state index is -0.586. The summed E-state index contributed by atoms with van der Waals surface area (Å²) in [5, 5.41) is 0. The average molecular weight is 262 g/mol. The van der Waals surface area contributed by atoms with Crippen LogP contribution < -0.4 is 0 Å². The van der Waals surface area contributed by atoms with Gasteiger partial charge in [0, 0.05) is 0 Å². The summed E-state index contributed by atoms with van der Waals surface area (Å²) in [5.74, 6) is 0.0671. The fraction of sp³-hybridized carbons (Fsp3) is 0.400. The lowest BCUT2D eigenvalue weighted by atomic mass is 10.0. The number of esters is 1. The van der Waals surface area contributed by atoms with Crippen LogP contribution in [0.1, 0.15) is 18.9 Å². The Hall–Kier alpha value is -1.81. The van der Waals surface area contributed by atoms with E-state index in [1.54, 1.807) is 0 Å². The Balaban J connectivity index is 1.99. The summed E-state index contributed by atoms with van der Waals surface area (Å²) >= 11 is 0. The molecular formula is C15H18O4. The largest absolute Gasteiger partial charge is 0.469 e. The lowest BCUT2D eigenvalue weighted by Crippen LogP contribution is -2.35. The van der Waals surface area contributed by atoms with E-state index in [2.05, 4.69) is 0 Å². The van der Waals surface area contributed by atoms with Gasteiger partial charge in [-0.2, -0.15) is 0 Å². The molecule has 4 heteroatoms. The molecule has 1 heterocycles. The zero-order chi connectivity index (χ0) is 13.7. The number of benzene rings is 1. The van der Waals surface area contributed by atoms with Crippen LogP contribution in [0.2, 0.25) is 0 Å². The third-order valence-electron chi connectivity index (χ3n) is 3.05. The fourth-order valence-electron chi connectivity index (χ4n) is 1.98. The highest BCUT2D eigenvalue weighted by Gasteiger charge is 2.33. The summed E-state index contributed by atoms with van der Waals surface area (Å²) in [7, 11) is 1.38. The number of rotatable bonds is 4. The van der Waals surface area contributed by atoms with Crippen LogP contribution in [0.15, 0.2) is 42.2 Å². The first-order valence-electron chi connectivity index (χ1n) is 6.27. The summed E-state index contributed by atoms with van der Waals surface area (Å²) < 4.78 is 16.1. The highest BCUT2D eigenvalue weighted by atomic mass is 16.7. The number of carbonyl (C=O) groups is 1. The molecule has 2 rings (SSSR count). The Labute approximate surface area is 113 Å². The SMILES string of the molecule is COC(=O)C1CC=C(C)OC1OCc1ccccc1. The van der Waals surface area contributed by atoms with Crippen LogP contribution >= 0.6 is 0 Å². The van der Waals surface area contributed by atoms with Gasteiger partial charge in [0.05, 0.1) is 19.5 Å². The number of ether oxygens (including phenoxy) is 3. The molecule has 0 bridgehead atoms. The number of methoxy groups -OCH3 is 1. The summed E-state index contributed by atoms with van der Waals surface area (Å²) in [5.41, 5.74) is 1.04. The molecule has 4 nitrogen and oxygen atoms in total. The van der Waals surface area contributed by atoms with E-state index in [4.69, 9.17) is 14.2 Å². The molecule has 102 valence electrons. The first-order chi connectivity index (χ1) is 9.20. The molecule has 0 radical (unpaired) electrons. The molecule has 0 saturated carbocycles. The van der Waals surface area contributed by atoms with E-state index < -0.39 is 12.2 Å². The second-order valence-corrected chi connectivity index (χ2v) is 4.46. The molecule has 1 aliphatic rings.